The Bertz CT molecular complexity index is 623. The summed E-state index contributed by atoms with van der Waals surface area (Å²) >= 11 is 3.13. The summed E-state index contributed by atoms with van der Waals surface area (Å²) < 4.78 is 23.3. The van der Waals surface area contributed by atoms with Crippen LogP contribution in [-0.2, 0) is 10.0 Å². The number of benzene rings is 1. The molecule has 1 amide bonds. The molecule has 1 aliphatic rings. The van der Waals surface area contributed by atoms with E-state index in [0.29, 0.717) is 10.0 Å². The zero-order chi connectivity index (χ0) is 15.5. The summed E-state index contributed by atoms with van der Waals surface area (Å²) in [6.07, 6.45) is 6.61. The first-order valence-electron chi connectivity index (χ1n) is 7.01. The number of primary sulfonamides is 1. The van der Waals surface area contributed by atoms with Crippen molar-refractivity contribution >= 4 is 31.9 Å². The first kappa shape index (κ1) is 16.5. The molecule has 0 spiro atoms. The molecule has 1 aromatic rings. The van der Waals surface area contributed by atoms with Crippen molar-refractivity contribution in [3.05, 3.63) is 28.2 Å². The Morgan fingerprint density at radius 3 is 2.38 bits per heavy atom. The average molecular weight is 375 g/mol. The van der Waals surface area contributed by atoms with Crippen LogP contribution in [0.15, 0.2) is 27.6 Å². The summed E-state index contributed by atoms with van der Waals surface area (Å²) in [5.41, 5.74) is 0.312. The lowest BCUT2D eigenvalue weighted by Gasteiger charge is -2.16. The first-order chi connectivity index (χ1) is 9.88. The normalized spacial score (nSPS) is 17.2. The summed E-state index contributed by atoms with van der Waals surface area (Å²) in [6, 6.07) is 4.60. The highest BCUT2D eigenvalue weighted by atomic mass is 79.9. The van der Waals surface area contributed by atoms with Crippen LogP contribution in [0, 0.1) is 0 Å². The minimum Gasteiger partial charge on any atom is -0.349 e. The van der Waals surface area contributed by atoms with Crippen molar-refractivity contribution < 1.29 is 13.2 Å². The fourth-order valence-corrected chi connectivity index (χ4v) is 4.11. The number of halogens is 1. The van der Waals surface area contributed by atoms with Gasteiger partial charge in [0.1, 0.15) is 0 Å². The minimum absolute atomic E-state index is 0.0731. The van der Waals surface area contributed by atoms with Crippen LogP contribution in [0.3, 0.4) is 0 Å². The van der Waals surface area contributed by atoms with Crippen LogP contribution >= 0.6 is 15.9 Å². The predicted molar refractivity (Wildman–Crippen MR) is 84.5 cm³/mol. The van der Waals surface area contributed by atoms with Gasteiger partial charge in [-0.25, -0.2) is 13.6 Å². The molecular weight excluding hydrogens is 356 g/mol. The van der Waals surface area contributed by atoms with Crippen LogP contribution in [0.2, 0.25) is 0 Å². The molecule has 0 aromatic heterocycles. The first-order valence-corrected chi connectivity index (χ1v) is 9.35. The van der Waals surface area contributed by atoms with E-state index in [4.69, 9.17) is 5.14 Å². The van der Waals surface area contributed by atoms with Gasteiger partial charge in [-0.15, -0.1) is 0 Å². The van der Waals surface area contributed by atoms with Gasteiger partial charge < -0.3 is 5.32 Å². The number of amides is 1. The Morgan fingerprint density at radius 2 is 1.81 bits per heavy atom. The van der Waals surface area contributed by atoms with E-state index in [1.54, 1.807) is 6.07 Å². The number of sulfonamides is 1. The van der Waals surface area contributed by atoms with Gasteiger partial charge in [0.15, 0.2) is 0 Å². The molecule has 0 radical (unpaired) electrons. The Hall–Kier alpha value is -0.920. The van der Waals surface area contributed by atoms with Gasteiger partial charge in [0.05, 0.1) is 4.90 Å². The van der Waals surface area contributed by atoms with E-state index in [2.05, 4.69) is 21.2 Å². The zero-order valence-corrected chi connectivity index (χ0v) is 14.0. The monoisotopic (exact) mass is 374 g/mol. The topological polar surface area (TPSA) is 89.3 Å². The molecule has 21 heavy (non-hydrogen) atoms. The van der Waals surface area contributed by atoms with Crippen LogP contribution in [-0.4, -0.2) is 20.4 Å². The molecule has 0 bridgehead atoms. The van der Waals surface area contributed by atoms with Gasteiger partial charge in [-0.05, 0) is 47.0 Å². The lowest BCUT2D eigenvalue weighted by Crippen LogP contribution is -2.34. The van der Waals surface area contributed by atoms with Crippen LogP contribution in [0.25, 0.3) is 0 Å². The van der Waals surface area contributed by atoms with Crippen molar-refractivity contribution in [2.24, 2.45) is 5.14 Å². The van der Waals surface area contributed by atoms with E-state index >= 15 is 0 Å². The number of nitrogens with one attached hydrogen (secondary N) is 1. The van der Waals surface area contributed by atoms with Gasteiger partial charge in [0.25, 0.3) is 5.91 Å². The summed E-state index contributed by atoms with van der Waals surface area (Å²) in [7, 11) is -3.86. The second-order valence-electron chi connectivity index (χ2n) is 5.35. The van der Waals surface area contributed by atoms with Gasteiger partial charge in [-0.1, -0.05) is 25.7 Å². The molecule has 1 aromatic carbocycles. The average Bonchev–Trinajstić information content (AvgIpc) is 2.66. The minimum atomic E-state index is -3.86. The molecule has 3 N–H and O–H groups in total. The maximum atomic E-state index is 12.3. The van der Waals surface area contributed by atoms with Gasteiger partial charge in [0, 0.05) is 16.1 Å². The Labute approximate surface area is 133 Å². The molecule has 0 aliphatic heterocycles. The van der Waals surface area contributed by atoms with Crippen LogP contribution < -0.4 is 10.5 Å². The van der Waals surface area contributed by atoms with Crippen molar-refractivity contribution in [1.29, 1.82) is 0 Å². The maximum absolute atomic E-state index is 12.3. The van der Waals surface area contributed by atoms with Gasteiger partial charge in [0.2, 0.25) is 10.0 Å². The highest BCUT2D eigenvalue weighted by Crippen LogP contribution is 2.23. The molecule has 0 unspecified atom stereocenters. The molecule has 0 atom stereocenters. The van der Waals surface area contributed by atoms with Crippen LogP contribution in [0.5, 0.6) is 0 Å². The number of hydrogen-bond donors (Lipinski definition) is 2. The van der Waals surface area contributed by atoms with E-state index in [0.717, 1.165) is 25.7 Å². The van der Waals surface area contributed by atoms with Crippen molar-refractivity contribution in [3.8, 4) is 0 Å². The van der Waals surface area contributed by atoms with E-state index in [1.165, 1.54) is 25.0 Å². The molecule has 7 heteroatoms. The predicted octanol–water partition coefficient (Wildman–Crippen LogP) is 2.55. The van der Waals surface area contributed by atoms with Gasteiger partial charge in [-0.3, -0.25) is 4.79 Å². The van der Waals surface area contributed by atoms with Crippen molar-refractivity contribution in [3.63, 3.8) is 0 Å². The summed E-state index contributed by atoms with van der Waals surface area (Å²) in [6.45, 7) is 0. The SMILES string of the molecule is NS(=O)(=O)c1cc(C(=O)NC2CCCCCC2)ccc1Br. The molecule has 1 aliphatic carbocycles. The fraction of sp³-hybridized carbons (Fsp3) is 0.500. The van der Waals surface area contributed by atoms with E-state index < -0.39 is 10.0 Å². The molecular formula is C14H19BrN2O3S. The van der Waals surface area contributed by atoms with Crippen molar-refractivity contribution in [2.45, 2.75) is 49.5 Å². The number of carbonyl (C=O) groups is 1. The van der Waals surface area contributed by atoms with Crippen molar-refractivity contribution in [1.82, 2.24) is 5.32 Å². The Balaban J connectivity index is 2.16. The maximum Gasteiger partial charge on any atom is 0.251 e. The molecule has 2 rings (SSSR count). The van der Waals surface area contributed by atoms with Crippen molar-refractivity contribution in [2.75, 3.05) is 0 Å². The van der Waals surface area contributed by atoms with E-state index in [-0.39, 0.29) is 16.8 Å². The number of carbonyl (C=O) groups excluding carboxylic acids is 1. The quantitative estimate of drug-likeness (QED) is 0.796. The zero-order valence-electron chi connectivity index (χ0n) is 11.6. The number of nitrogens with two attached hydrogens (primary N) is 1. The van der Waals surface area contributed by atoms with Gasteiger partial charge in [-0.2, -0.15) is 0 Å². The van der Waals surface area contributed by atoms with E-state index in [1.807, 2.05) is 0 Å². The summed E-state index contributed by atoms with van der Waals surface area (Å²) in [5, 5.41) is 8.13. The third kappa shape index (κ3) is 4.52. The van der Waals surface area contributed by atoms with Crippen LogP contribution in [0.4, 0.5) is 0 Å². The second kappa shape index (κ2) is 6.89. The Morgan fingerprint density at radius 1 is 1.19 bits per heavy atom. The molecule has 0 saturated heterocycles. The van der Waals surface area contributed by atoms with Crippen LogP contribution in [0.1, 0.15) is 48.9 Å². The third-order valence-electron chi connectivity index (χ3n) is 3.69. The van der Waals surface area contributed by atoms with E-state index in [9.17, 15) is 13.2 Å². The largest absolute Gasteiger partial charge is 0.349 e. The van der Waals surface area contributed by atoms with Gasteiger partial charge >= 0.3 is 0 Å². The summed E-state index contributed by atoms with van der Waals surface area (Å²) in [5.74, 6) is -0.251. The second-order valence-corrected chi connectivity index (χ2v) is 7.74. The Kier molecular flexibility index (Phi) is 5.40. The molecule has 1 fully saturated rings. The smallest absolute Gasteiger partial charge is 0.251 e. The molecule has 1 saturated carbocycles. The molecule has 5 nitrogen and oxygen atoms in total. The number of rotatable bonds is 3. The fourth-order valence-electron chi connectivity index (χ4n) is 2.56. The lowest BCUT2D eigenvalue weighted by molar-refractivity contribution is 0.0933. The third-order valence-corrected chi connectivity index (χ3v) is 5.60. The molecule has 116 valence electrons. The lowest BCUT2D eigenvalue weighted by atomic mass is 10.1. The summed E-state index contributed by atoms with van der Waals surface area (Å²) in [4.78, 5) is 12.2. The number of hydrogen-bond acceptors (Lipinski definition) is 3. The highest BCUT2D eigenvalue weighted by molar-refractivity contribution is 9.10. The molecule has 0 heterocycles. The highest BCUT2D eigenvalue weighted by Gasteiger charge is 2.19. The standard InChI is InChI=1S/C14H19BrN2O3S/c15-12-8-7-10(9-13(12)21(16,19)20)14(18)17-11-5-3-1-2-4-6-11/h7-9,11H,1-6H2,(H,17,18)(H2,16,19,20).